The molecule has 78 valence electrons. The Labute approximate surface area is 91.7 Å². The molecule has 0 aliphatic rings. The highest BCUT2D eigenvalue weighted by Gasteiger charge is 2.07. The summed E-state index contributed by atoms with van der Waals surface area (Å²) in [5.41, 5.74) is 2.15. The van der Waals surface area contributed by atoms with E-state index in [1.54, 1.807) is 6.07 Å². The predicted octanol–water partition coefficient (Wildman–Crippen LogP) is 3.53. The first-order valence-corrected chi connectivity index (χ1v) is 5.01. The summed E-state index contributed by atoms with van der Waals surface area (Å²) in [7, 11) is 0. The molecule has 15 heavy (non-hydrogen) atoms. The number of benzene rings is 1. The molecule has 0 aliphatic carbocycles. The van der Waals surface area contributed by atoms with Crippen LogP contribution in [0, 0.1) is 12.7 Å². The van der Waals surface area contributed by atoms with E-state index >= 15 is 0 Å². The molecule has 1 aromatic carbocycles. The number of hydrogen-bond acceptors (Lipinski definition) is 2. The number of aromatic nitrogens is 1. The van der Waals surface area contributed by atoms with Gasteiger partial charge in [0.2, 0.25) is 0 Å². The predicted molar refractivity (Wildman–Crippen MR) is 56.2 cm³/mol. The zero-order valence-corrected chi connectivity index (χ0v) is 8.88. The van der Waals surface area contributed by atoms with Crippen molar-refractivity contribution in [1.82, 2.24) is 5.16 Å². The Morgan fingerprint density at radius 2 is 2.13 bits per heavy atom. The van der Waals surface area contributed by atoms with E-state index in [1.807, 2.05) is 13.0 Å². The summed E-state index contributed by atoms with van der Waals surface area (Å²) in [6, 6.07) is 6.44. The molecular weight excluding hydrogens is 217 g/mol. The van der Waals surface area contributed by atoms with Crippen LogP contribution in [0.4, 0.5) is 4.39 Å². The fourth-order valence-corrected chi connectivity index (χ4v) is 1.52. The van der Waals surface area contributed by atoms with Gasteiger partial charge in [0.15, 0.2) is 5.76 Å². The lowest BCUT2D eigenvalue weighted by Crippen LogP contribution is -1.82. The van der Waals surface area contributed by atoms with E-state index in [-0.39, 0.29) is 11.7 Å². The largest absolute Gasteiger partial charge is 0.359 e. The number of rotatable bonds is 2. The lowest BCUT2D eigenvalue weighted by atomic mass is 10.1. The number of halogens is 2. The summed E-state index contributed by atoms with van der Waals surface area (Å²) in [6.45, 7) is 1.83. The van der Waals surface area contributed by atoms with Gasteiger partial charge in [-0.3, -0.25) is 0 Å². The summed E-state index contributed by atoms with van der Waals surface area (Å²) in [5.74, 6) is 0.565. The van der Waals surface area contributed by atoms with Crippen LogP contribution in [-0.4, -0.2) is 5.16 Å². The summed E-state index contributed by atoms with van der Waals surface area (Å²) in [6.07, 6.45) is 0. The van der Waals surface area contributed by atoms with E-state index in [2.05, 4.69) is 5.16 Å². The van der Waals surface area contributed by atoms with Crippen LogP contribution in [-0.2, 0) is 5.88 Å². The second-order valence-corrected chi connectivity index (χ2v) is 3.60. The van der Waals surface area contributed by atoms with Crippen molar-refractivity contribution in [3.8, 4) is 11.3 Å². The van der Waals surface area contributed by atoms with Gasteiger partial charge in [0.05, 0.1) is 5.88 Å². The molecule has 0 amide bonds. The number of aryl methyl sites for hydroxylation is 1. The van der Waals surface area contributed by atoms with Gasteiger partial charge in [-0.25, -0.2) is 4.39 Å². The quantitative estimate of drug-likeness (QED) is 0.731. The highest BCUT2D eigenvalue weighted by atomic mass is 35.5. The minimum atomic E-state index is -0.277. The van der Waals surface area contributed by atoms with Gasteiger partial charge in [-0.1, -0.05) is 5.16 Å². The Balaban J connectivity index is 2.44. The standard InChI is InChI=1S/C11H9ClFNO/c1-7-2-8(4-9(13)3-7)11-5-10(6-12)15-14-11/h2-5H,6H2,1H3. The molecule has 0 aliphatic heterocycles. The number of nitrogens with zero attached hydrogens (tertiary/aromatic N) is 1. The molecule has 0 N–H and O–H groups in total. The maximum Gasteiger partial charge on any atom is 0.152 e. The average Bonchev–Trinajstić information content (AvgIpc) is 2.64. The lowest BCUT2D eigenvalue weighted by molar-refractivity contribution is 0.396. The Morgan fingerprint density at radius 3 is 2.73 bits per heavy atom. The molecular formula is C11H9ClFNO. The zero-order chi connectivity index (χ0) is 10.8. The molecule has 0 radical (unpaired) electrons. The zero-order valence-electron chi connectivity index (χ0n) is 8.13. The van der Waals surface area contributed by atoms with Crippen molar-refractivity contribution in [3.05, 3.63) is 41.4 Å². The van der Waals surface area contributed by atoms with E-state index in [1.165, 1.54) is 12.1 Å². The molecule has 1 aromatic heterocycles. The maximum absolute atomic E-state index is 13.1. The van der Waals surface area contributed by atoms with Crippen LogP contribution in [0.3, 0.4) is 0 Å². The molecule has 2 nitrogen and oxygen atoms in total. The molecule has 0 spiro atoms. The smallest absolute Gasteiger partial charge is 0.152 e. The van der Waals surface area contributed by atoms with Crippen molar-refractivity contribution in [1.29, 1.82) is 0 Å². The molecule has 1 heterocycles. The fraction of sp³-hybridized carbons (Fsp3) is 0.182. The minimum absolute atomic E-state index is 0.265. The fourth-order valence-electron chi connectivity index (χ4n) is 1.40. The van der Waals surface area contributed by atoms with E-state index in [9.17, 15) is 4.39 Å². The van der Waals surface area contributed by atoms with Crippen LogP contribution in [0.2, 0.25) is 0 Å². The normalized spacial score (nSPS) is 10.6. The summed E-state index contributed by atoms with van der Waals surface area (Å²) in [4.78, 5) is 0. The van der Waals surface area contributed by atoms with E-state index in [0.717, 1.165) is 5.56 Å². The van der Waals surface area contributed by atoms with Gasteiger partial charge >= 0.3 is 0 Å². The van der Waals surface area contributed by atoms with E-state index in [0.29, 0.717) is 17.0 Å². The van der Waals surface area contributed by atoms with Gasteiger partial charge < -0.3 is 4.52 Å². The van der Waals surface area contributed by atoms with Crippen molar-refractivity contribution in [2.45, 2.75) is 12.8 Å². The third-order valence-electron chi connectivity index (χ3n) is 2.03. The highest BCUT2D eigenvalue weighted by Crippen LogP contribution is 2.22. The Morgan fingerprint density at radius 1 is 1.33 bits per heavy atom. The topological polar surface area (TPSA) is 26.0 Å². The van der Waals surface area contributed by atoms with E-state index < -0.39 is 0 Å². The van der Waals surface area contributed by atoms with Gasteiger partial charge in [-0.2, -0.15) is 0 Å². The van der Waals surface area contributed by atoms with Crippen LogP contribution >= 0.6 is 11.6 Å². The van der Waals surface area contributed by atoms with Crippen molar-refractivity contribution < 1.29 is 8.91 Å². The summed E-state index contributed by atoms with van der Waals surface area (Å²) < 4.78 is 18.1. The second kappa shape index (κ2) is 4.03. The van der Waals surface area contributed by atoms with Crippen LogP contribution in [0.1, 0.15) is 11.3 Å². The first kappa shape index (κ1) is 10.2. The minimum Gasteiger partial charge on any atom is -0.359 e. The Bertz CT molecular complexity index is 461. The first-order chi connectivity index (χ1) is 7.19. The monoisotopic (exact) mass is 225 g/mol. The third-order valence-corrected chi connectivity index (χ3v) is 2.29. The Hall–Kier alpha value is -1.35. The van der Waals surface area contributed by atoms with E-state index in [4.69, 9.17) is 16.1 Å². The molecule has 0 saturated carbocycles. The summed E-state index contributed by atoms with van der Waals surface area (Å²) >= 11 is 5.58. The third kappa shape index (κ3) is 2.18. The Kier molecular flexibility index (Phi) is 2.73. The molecule has 0 bridgehead atoms. The molecule has 4 heteroatoms. The lowest BCUT2D eigenvalue weighted by Gasteiger charge is -1.98. The SMILES string of the molecule is Cc1cc(F)cc(-c2cc(CCl)on2)c1. The molecule has 2 aromatic rings. The summed E-state index contributed by atoms with van der Waals surface area (Å²) in [5, 5.41) is 3.81. The van der Waals surface area contributed by atoms with Crippen LogP contribution in [0.15, 0.2) is 28.8 Å². The van der Waals surface area contributed by atoms with Gasteiger partial charge in [0.1, 0.15) is 11.5 Å². The van der Waals surface area contributed by atoms with Gasteiger partial charge in [-0.15, -0.1) is 11.6 Å². The van der Waals surface area contributed by atoms with Crippen LogP contribution in [0.5, 0.6) is 0 Å². The van der Waals surface area contributed by atoms with Gasteiger partial charge in [-0.05, 0) is 30.7 Å². The second-order valence-electron chi connectivity index (χ2n) is 3.33. The van der Waals surface area contributed by atoms with Crippen molar-refractivity contribution >= 4 is 11.6 Å². The molecule has 0 fully saturated rings. The number of hydrogen-bond donors (Lipinski definition) is 0. The number of alkyl halides is 1. The highest BCUT2D eigenvalue weighted by molar-refractivity contribution is 6.16. The first-order valence-electron chi connectivity index (χ1n) is 4.48. The van der Waals surface area contributed by atoms with Gasteiger partial charge in [0, 0.05) is 11.6 Å². The average molecular weight is 226 g/mol. The molecule has 0 atom stereocenters. The molecule has 0 unspecified atom stereocenters. The molecule has 0 saturated heterocycles. The van der Waals surface area contributed by atoms with Crippen molar-refractivity contribution in [2.24, 2.45) is 0 Å². The van der Waals surface area contributed by atoms with Crippen molar-refractivity contribution in [3.63, 3.8) is 0 Å². The van der Waals surface area contributed by atoms with Gasteiger partial charge in [0.25, 0.3) is 0 Å². The molecule has 2 rings (SSSR count). The van der Waals surface area contributed by atoms with Crippen LogP contribution in [0.25, 0.3) is 11.3 Å². The van der Waals surface area contributed by atoms with Crippen LogP contribution < -0.4 is 0 Å². The van der Waals surface area contributed by atoms with Crippen molar-refractivity contribution in [2.75, 3.05) is 0 Å². The maximum atomic E-state index is 13.1.